The van der Waals surface area contributed by atoms with Crippen LogP contribution in [0.5, 0.6) is 5.75 Å². The zero-order chi connectivity index (χ0) is 14.8. The van der Waals surface area contributed by atoms with Gasteiger partial charge in [-0.25, -0.2) is 4.98 Å². The number of nitrogens with zero attached hydrogens (tertiary/aromatic N) is 3. The van der Waals surface area contributed by atoms with E-state index in [-0.39, 0.29) is 0 Å². The Morgan fingerprint density at radius 3 is 2.67 bits per heavy atom. The van der Waals surface area contributed by atoms with Gasteiger partial charge in [-0.3, -0.25) is 4.40 Å². The highest BCUT2D eigenvalue weighted by atomic mass is 16.5. The second-order valence-electron chi connectivity index (χ2n) is 4.81. The summed E-state index contributed by atoms with van der Waals surface area (Å²) in [5.41, 5.74) is 4.07. The third kappa shape index (κ3) is 2.34. The fourth-order valence-electron chi connectivity index (χ4n) is 2.33. The molecule has 0 amide bonds. The lowest BCUT2D eigenvalue weighted by Gasteiger charge is -2.03. The van der Waals surface area contributed by atoms with Gasteiger partial charge in [-0.15, -0.1) is 0 Å². The number of benzene rings is 1. The molecule has 4 heteroatoms. The first-order valence-corrected chi connectivity index (χ1v) is 6.85. The summed E-state index contributed by atoms with van der Waals surface area (Å²) in [4.78, 5) is 4.59. The highest BCUT2D eigenvalue weighted by molar-refractivity contribution is 5.70. The van der Waals surface area contributed by atoms with Gasteiger partial charge in [0.05, 0.1) is 6.61 Å². The summed E-state index contributed by atoms with van der Waals surface area (Å²) < 4.78 is 7.26. The molecule has 4 nitrogen and oxygen atoms in total. The van der Waals surface area contributed by atoms with Crippen molar-refractivity contribution >= 4 is 5.65 Å². The predicted octanol–water partition coefficient (Wildman–Crippen LogP) is 3.58. The molecule has 0 aliphatic rings. The van der Waals surface area contributed by atoms with E-state index in [9.17, 15) is 5.26 Å². The van der Waals surface area contributed by atoms with Crippen LogP contribution < -0.4 is 4.74 Å². The molecule has 1 aromatic carbocycles. The van der Waals surface area contributed by atoms with Crippen LogP contribution in [0, 0.1) is 18.3 Å². The molecular weight excluding hydrogens is 262 g/mol. The molecule has 0 atom stereocenters. The van der Waals surface area contributed by atoms with Crippen LogP contribution in [0.3, 0.4) is 0 Å². The Hall–Kier alpha value is -2.80. The van der Waals surface area contributed by atoms with Crippen LogP contribution in [0.1, 0.15) is 18.2 Å². The maximum absolute atomic E-state index is 9.44. The summed E-state index contributed by atoms with van der Waals surface area (Å²) >= 11 is 0. The first-order valence-electron chi connectivity index (χ1n) is 6.85. The van der Waals surface area contributed by atoms with Gasteiger partial charge in [0.25, 0.3) is 0 Å². The fourth-order valence-corrected chi connectivity index (χ4v) is 2.33. The Kier molecular flexibility index (Phi) is 3.33. The van der Waals surface area contributed by atoms with Crippen LogP contribution >= 0.6 is 0 Å². The maximum atomic E-state index is 9.44. The quantitative estimate of drug-likeness (QED) is 0.735. The molecule has 0 saturated heterocycles. The van der Waals surface area contributed by atoms with Gasteiger partial charge in [-0.2, -0.15) is 5.26 Å². The normalized spacial score (nSPS) is 10.5. The van der Waals surface area contributed by atoms with Crippen molar-refractivity contribution in [2.45, 2.75) is 13.8 Å². The molecule has 104 valence electrons. The van der Waals surface area contributed by atoms with E-state index in [1.165, 1.54) is 0 Å². The third-order valence-electron chi connectivity index (χ3n) is 3.33. The monoisotopic (exact) mass is 277 g/mol. The van der Waals surface area contributed by atoms with Crippen molar-refractivity contribution in [2.24, 2.45) is 0 Å². The van der Waals surface area contributed by atoms with Crippen LogP contribution in [0.25, 0.3) is 16.9 Å². The summed E-state index contributed by atoms with van der Waals surface area (Å²) in [5.74, 6) is 0.819. The van der Waals surface area contributed by atoms with Crippen LogP contribution in [0.15, 0.2) is 42.6 Å². The van der Waals surface area contributed by atoms with Crippen LogP contribution in [0.4, 0.5) is 0 Å². The first kappa shape index (κ1) is 13.2. The minimum Gasteiger partial charge on any atom is -0.494 e. The number of fused-ring (bicyclic) bond motifs is 1. The molecule has 0 unspecified atom stereocenters. The standard InChI is InChI=1S/C17H15N3O/c1-3-21-14-6-4-13(5-7-14)17-15(11-18)20-9-8-12(2)10-16(20)19-17/h4-10H,3H2,1-2H3. The highest BCUT2D eigenvalue weighted by Gasteiger charge is 2.13. The third-order valence-corrected chi connectivity index (χ3v) is 3.33. The smallest absolute Gasteiger partial charge is 0.152 e. The van der Waals surface area contributed by atoms with Gasteiger partial charge >= 0.3 is 0 Å². The molecule has 0 saturated carbocycles. The average molecular weight is 277 g/mol. The van der Waals surface area contributed by atoms with Crippen molar-refractivity contribution in [3.05, 3.63) is 53.9 Å². The zero-order valence-corrected chi connectivity index (χ0v) is 12.0. The van der Waals surface area contributed by atoms with Crippen molar-refractivity contribution < 1.29 is 4.74 Å². The molecule has 0 N–H and O–H groups in total. The van der Waals surface area contributed by atoms with Gasteiger partial charge in [0.15, 0.2) is 5.69 Å². The van der Waals surface area contributed by atoms with Crippen molar-refractivity contribution in [2.75, 3.05) is 6.61 Å². The average Bonchev–Trinajstić information content (AvgIpc) is 2.85. The Bertz CT molecular complexity index is 826. The van der Waals surface area contributed by atoms with Gasteiger partial charge in [-0.1, -0.05) is 0 Å². The lowest BCUT2D eigenvalue weighted by molar-refractivity contribution is 0.340. The molecule has 0 spiro atoms. The number of nitriles is 1. The van der Waals surface area contributed by atoms with E-state index in [1.807, 2.05) is 60.8 Å². The van der Waals surface area contributed by atoms with Crippen molar-refractivity contribution in [1.29, 1.82) is 5.26 Å². The molecule has 0 fully saturated rings. The lowest BCUT2D eigenvalue weighted by Crippen LogP contribution is -1.91. The van der Waals surface area contributed by atoms with Crippen LogP contribution in [-0.2, 0) is 0 Å². The van der Waals surface area contributed by atoms with Crippen LogP contribution in [0.2, 0.25) is 0 Å². The number of rotatable bonds is 3. The molecule has 3 rings (SSSR count). The topological polar surface area (TPSA) is 50.3 Å². The number of pyridine rings is 1. The number of aryl methyl sites for hydroxylation is 1. The van der Waals surface area contributed by atoms with E-state index in [4.69, 9.17) is 4.74 Å². The predicted molar refractivity (Wildman–Crippen MR) is 81.2 cm³/mol. The van der Waals surface area contributed by atoms with E-state index in [0.717, 1.165) is 22.5 Å². The molecule has 0 aliphatic heterocycles. The van der Waals surface area contributed by atoms with Gasteiger partial charge in [0.2, 0.25) is 0 Å². The zero-order valence-electron chi connectivity index (χ0n) is 12.0. The maximum Gasteiger partial charge on any atom is 0.152 e. The second kappa shape index (κ2) is 5.29. The molecule has 0 bridgehead atoms. The Labute approximate surface area is 123 Å². The van der Waals surface area contributed by atoms with Gasteiger partial charge in [0.1, 0.15) is 23.2 Å². The minimum atomic E-state index is 0.550. The Balaban J connectivity index is 2.13. The van der Waals surface area contributed by atoms with E-state index in [1.54, 1.807) is 0 Å². The van der Waals surface area contributed by atoms with E-state index < -0.39 is 0 Å². The highest BCUT2D eigenvalue weighted by Crippen LogP contribution is 2.26. The number of aromatic nitrogens is 2. The van der Waals surface area contributed by atoms with E-state index in [2.05, 4.69) is 11.1 Å². The summed E-state index contributed by atoms with van der Waals surface area (Å²) in [7, 11) is 0. The molecule has 0 aliphatic carbocycles. The van der Waals surface area contributed by atoms with Gasteiger partial charge in [-0.05, 0) is 55.8 Å². The number of hydrogen-bond acceptors (Lipinski definition) is 3. The lowest BCUT2D eigenvalue weighted by atomic mass is 10.1. The molecule has 21 heavy (non-hydrogen) atoms. The van der Waals surface area contributed by atoms with Crippen molar-refractivity contribution in [3.63, 3.8) is 0 Å². The van der Waals surface area contributed by atoms with E-state index in [0.29, 0.717) is 18.0 Å². The summed E-state index contributed by atoms with van der Waals surface area (Å²) in [6.45, 7) is 4.60. The fraction of sp³-hybridized carbons (Fsp3) is 0.176. The van der Waals surface area contributed by atoms with Crippen molar-refractivity contribution in [1.82, 2.24) is 9.38 Å². The number of ether oxygens (including phenoxy) is 1. The number of hydrogen-bond donors (Lipinski definition) is 0. The first-order chi connectivity index (χ1) is 10.2. The molecule has 3 aromatic rings. The van der Waals surface area contributed by atoms with Gasteiger partial charge < -0.3 is 4.74 Å². The largest absolute Gasteiger partial charge is 0.494 e. The van der Waals surface area contributed by atoms with E-state index >= 15 is 0 Å². The Morgan fingerprint density at radius 1 is 1.24 bits per heavy atom. The SMILES string of the molecule is CCOc1ccc(-c2nc3cc(C)ccn3c2C#N)cc1. The van der Waals surface area contributed by atoms with Gasteiger partial charge in [0, 0.05) is 11.8 Å². The summed E-state index contributed by atoms with van der Waals surface area (Å²) in [6, 6.07) is 13.8. The van der Waals surface area contributed by atoms with Crippen LogP contribution in [-0.4, -0.2) is 16.0 Å². The molecule has 2 heterocycles. The second-order valence-corrected chi connectivity index (χ2v) is 4.81. The molecule has 2 aromatic heterocycles. The molecular formula is C17H15N3O. The molecule has 0 radical (unpaired) electrons. The summed E-state index contributed by atoms with van der Waals surface area (Å²) in [5, 5.41) is 9.44. The Morgan fingerprint density at radius 2 is 2.00 bits per heavy atom. The minimum absolute atomic E-state index is 0.550. The summed E-state index contributed by atoms with van der Waals surface area (Å²) in [6.07, 6.45) is 1.88. The number of imidazole rings is 1. The van der Waals surface area contributed by atoms with Crippen molar-refractivity contribution in [3.8, 4) is 23.1 Å².